The molecule has 0 aliphatic carbocycles. The van der Waals surface area contributed by atoms with Crippen molar-refractivity contribution in [2.75, 3.05) is 45.9 Å². The Bertz CT molecular complexity index is 637. The topological polar surface area (TPSA) is 65.6 Å². The Balaban J connectivity index is 1.54. The minimum Gasteiger partial charge on any atom is -0.379 e. The van der Waals surface area contributed by atoms with Gasteiger partial charge < -0.3 is 19.5 Å². The molecule has 144 valence electrons. The van der Waals surface area contributed by atoms with Crippen molar-refractivity contribution >= 4 is 5.91 Å². The average molecular weight is 361 g/mol. The molecule has 0 bridgehead atoms. The molecule has 1 amide bonds. The summed E-state index contributed by atoms with van der Waals surface area (Å²) in [6.45, 7) is 7.77. The summed E-state index contributed by atoms with van der Waals surface area (Å²) in [6, 6.07) is 3.67. The Labute approximate surface area is 155 Å². The number of aromatic amines is 1. The number of piperidine rings is 1. The number of likely N-dealkylation sites (tertiary alicyclic amines) is 1. The summed E-state index contributed by atoms with van der Waals surface area (Å²) in [7, 11) is 0. The second-order valence-corrected chi connectivity index (χ2v) is 7.51. The molecule has 6 nitrogen and oxygen atoms in total. The fraction of sp³-hybridized carbons (Fsp3) is 0.700. The molecule has 0 radical (unpaired) electrons. The van der Waals surface area contributed by atoms with E-state index in [0.717, 1.165) is 57.7 Å². The number of nitrogens with one attached hydrogen (secondary N) is 1. The molecule has 6 heteroatoms. The van der Waals surface area contributed by atoms with Gasteiger partial charge in [0.2, 0.25) is 11.5 Å². The molecule has 26 heavy (non-hydrogen) atoms. The quantitative estimate of drug-likeness (QED) is 0.869. The predicted octanol–water partition coefficient (Wildman–Crippen LogP) is 1.83. The third kappa shape index (κ3) is 4.95. The first-order chi connectivity index (χ1) is 12.7. The summed E-state index contributed by atoms with van der Waals surface area (Å²) in [5.41, 5.74) is 1.04. The average Bonchev–Trinajstić information content (AvgIpc) is 2.91. The van der Waals surface area contributed by atoms with Gasteiger partial charge >= 0.3 is 0 Å². The van der Waals surface area contributed by atoms with Crippen LogP contribution in [-0.2, 0) is 9.53 Å². The largest absolute Gasteiger partial charge is 0.379 e. The lowest BCUT2D eigenvalue weighted by atomic mass is 9.89. The Morgan fingerprint density at radius 3 is 2.85 bits per heavy atom. The first-order valence-corrected chi connectivity index (χ1v) is 9.95. The lowest BCUT2D eigenvalue weighted by Crippen LogP contribution is -2.45. The maximum atomic E-state index is 13.0. The van der Waals surface area contributed by atoms with Gasteiger partial charge in [0.05, 0.1) is 19.1 Å². The molecule has 0 aromatic carbocycles. The van der Waals surface area contributed by atoms with E-state index in [1.807, 2.05) is 11.0 Å². The van der Waals surface area contributed by atoms with Crippen LogP contribution in [-0.4, -0.2) is 66.6 Å². The summed E-state index contributed by atoms with van der Waals surface area (Å²) in [4.78, 5) is 31.5. The third-order valence-electron chi connectivity index (χ3n) is 5.60. The van der Waals surface area contributed by atoms with Gasteiger partial charge in [0.15, 0.2) is 0 Å². The SMILES string of the molecule is CCCCN1CCOCC(C(=O)N2CCC(c3cc[nH]c(=O)c3)CC2)C1. The van der Waals surface area contributed by atoms with E-state index in [2.05, 4.69) is 16.8 Å². The monoisotopic (exact) mass is 361 g/mol. The molecule has 2 aliphatic rings. The van der Waals surface area contributed by atoms with Gasteiger partial charge in [-0.1, -0.05) is 13.3 Å². The fourth-order valence-corrected chi connectivity index (χ4v) is 4.02. The van der Waals surface area contributed by atoms with Crippen LogP contribution in [0.3, 0.4) is 0 Å². The molecule has 1 unspecified atom stereocenters. The number of aromatic nitrogens is 1. The summed E-state index contributed by atoms with van der Waals surface area (Å²) in [6.07, 6.45) is 5.89. The van der Waals surface area contributed by atoms with E-state index in [9.17, 15) is 9.59 Å². The predicted molar refractivity (Wildman–Crippen MR) is 101 cm³/mol. The maximum absolute atomic E-state index is 13.0. The summed E-state index contributed by atoms with van der Waals surface area (Å²) >= 11 is 0. The Morgan fingerprint density at radius 2 is 2.12 bits per heavy atom. The van der Waals surface area contributed by atoms with Gasteiger partial charge in [-0.15, -0.1) is 0 Å². The highest BCUT2D eigenvalue weighted by atomic mass is 16.5. The Morgan fingerprint density at radius 1 is 1.31 bits per heavy atom. The van der Waals surface area contributed by atoms with Gasteiger partial charge in [0.1, 0.15) is 0 Å². The molecule has 2 saturated heterocycles. The zero-order valence-corrected chi connectivity index (χ0v) is 15.8. The number of carbonyl (C=O) groups excluding carboxylic acids is 1. The van der Waals surface area contributed by atoms with Crippen molar-refractivity contribution in [3.05, 3.63) is 34.2 Å². The molecule has 1 atom stereocenters. The van der Waals surface area contributed by atoms with Gasteiger partial charge in [-0.3, -0.25) is 9.59 Å². The van der Waals surface area contributed by atoms with Crippen LogP contribution in [0.4, 0.5) is 0 Å². The molecule has 1 aromatic rings. The van der Waals surface area contributed by atoms with Crippen molar-refractivity contribution < 1.29 is 9.53 Å². The van der Waals surface area contributed by atoms with E-state index in [-0.39, 0.29) is 17.4 Å². The van der Waals surface area contributed by atoms with E-state index >= 15 is 0 Å². The summed E-state index contributed by atoms with van der Waals surface area (Å²) in [5.74, 6) is 0.552. The molecule has 1 aromatic heterocycles. The number of hydrogen-bond acceptors (Lipinski definition) is 4. The molecule has 0 saturated carbocycles. The first kappa shape index (κ1) is 19.1. The normalized spacial score (nSPS) is 23.0. The van der Waals surface area contributed by atoms with E-state index < -0.39 is 0 Å². The van der Waals surface area contributed by atoms with Crippen LogP contribution in [0.5, 0.6) is 0 Å². The highest BCUT2D eigenvalue weighted by Crippen LogP contribution is 2.28. The second kappa shape index (κ2) is 9.33. The number of rotatable bonds is 5. The van der Waals surface area contributed by atoms with E-state index in [4.69, 9.17) is 4.74 Å². The number of H-pyrrole nitrogens is 1. The number of ether oxygens (including phenoxy) is 1. The van der Waals surface area contributed by atoms with Crippen LogP contribution < -0.4 is 5.56 Å². The van der Waals surface area contributed by atoms with Crippen molar-refractivity contribution in [1.29, 1.82) is 0 Å². The van der Waals surface area contributed by atoms with E-state index in [1.54, 1.807) is 12.3 Å². The standard InChI is InChI=1S/C20H31N3O3/c1-2-3-8-22-11-12-26-15-18(14-22)20(25)23-9-5-16(6-10-23)17-4-7-21-19(24)13-17/h4,7,13,16,18H,2-3,5-6,8-12,14-15H2,1H3,(H,21,24). The molecule has 3 rings (SSSR count). The van der Waals surface area contributed by atoms with Crippen molar-refractivity contribution in [3.8, 4) is 0 Å². The molecule has 2 aliphatic heterocycles. The highest BCUT2D eigenvalue weighted by Gasteiger charge is 2.31. The lowest BCUT2D eigenvalue weighted by Gasteiger charge is -2.35. The smallest absolute Gasteiger partial charge is 0.248 e. The molecule has 0 spiro atoms. The van der Waals surface area contributed by atoms with Gasteiger partial charge in [0.25, 0.3) is 0 Å². The number of pyridine rings is 1. The third-order valence-corrected chi connectivity index (χ3v) is 5.60. The molecule has 1 N–H and O–H groups in total. The van der Waals surface area contributed by atoms with Crippen molar-refractivity contribution in [2.45, 2.75) is 38.5 Å². The van der Waals surface area contributed by atoms with Crippen molar-refractivity contribution in [2.24, 2.45) is 5.92 Å². The van der Waals surface area contributed by atoms with Crippen LogP contribution in [0.25, 0.3) is 0 Å². The van der Waals surface area contributed by atoms with Crippen LogP contribution >= 0.6 is 0 Å². The van der Waals surface area contributed by atoms with Crippen molar-refractivity contribution in [3.63, 3.8) is 0 Å². The minimum atomic E-state index is -0.0521. The second-order valence-electron chi connectivity index (χ2n) is 7.51. The lowest BCUT2D eigenvalue weighted by molar-refractivity contribution is -0.138. The van der Waals surface area contributed by atoms with Crippen LogP contribution in [0.1, 0.15) is 44.1 Å². The fourth-order valence-electron chi connectivity index (χ4n) is 4.02. The van der Waals surface area contributed by atoms with E-state index in [1.165, 1.54) is 12.8 Å². The molecular weight excluding hydrogens is 330 g/mol. The zero-order chi connectivity index (χ0) is 18.4. The number of carbonyl (C=O) groups is 1. The number of hydrogen-bond donors (Lipinski definition) is 1. The van der Waals surface area contributed by atoms with Gasteiger partial charge in [0, 0.05) is 38.4 Å². The Hall–Kier alpha value is -1.66. The van der Waals surface area contributed by atoms with Crippen LogP contribution in [0.2, 0.25) is 0 Å². The molecular formula is C20H31N3O3. The number of unbranched alkanes of at least 4 members (excludes halogenated alkanes) is 1. The van der Waals surface area contributed by atoms with Crippen LogP contribution in [0, 0.1) is 5.92 Å². The molecule has 2 fully saturated rings. The van der Waals surface area contributed by atoms with Crippen LogP contribution in [0.15, 0.2) is 23.1 Å². The number of nitrogens with zero attached hydrogens (tertiary/aromatic N) is 2. The maximum Gasteiger partial charge on any atom is 0.248 e. The van der Waals surface area contributed by atoms with Gasteiger partial charge in [-0.2, -0.15) is 0 Å². The first-order valence-electron chi connectivity index (χ1n) is 9.95. The molecule has 3 heterocycles. The van der Waals surface area contributed by atoms with Crippen molar-refractivity contribution in [1.82, 2.24) is 14.8 Å². The van der Waals surface area contributed by atoms with Gasteiger partial charge in [-0.05, 0) is 43.4 Å². The Kier molecular flexibility index (Phi) is 6.86. The van der Waals surface area contributed by atoms with E-state index in [0.29, 0.717) is 12.5 Å². The summed E-state index contributed by atoms with van der Waals surface area (Å²) < 4.78 is 5.71. The summed E-state index contributed by atoms with van der Waals surface area (Å²) in [5, 5.41) is 0. The van der Waals surface area contributed by atoms with Gasteiger partial charge in [-0.25, -0.2) is 0 Å². The minimum absolute atomic E-state index is 0.0505. The highest BCUT2D eigenvalue weighted by molar-refractivity contribution is 5.79. The zero-order valence-electron chi connectivity index (χ0n) is 15.8. The number of amides is 1.